The molecule has 5 heteroatoms. The first-order valence-corrected chi connectivity index (χ1v) is 8.03. The number of nitrogens with zero attached hydrogens (tertiary/aromatic N) is 2. The maximum atomic E-state index is 11.4. The third kappa shape index (κ3) is 2.18. The summed E-state index contributed by atoms with van der Waals surface area (Å²) in [6, 6.07) is 8.33. The van der Waals surface area contributed by atoms with E-state index in [0.29, 0.717) is 11.1 Å². The summed E-state index contributed by atoms with van der Waals surface area (Å²) in [6.07, 6.45) is 4.64. The number of carboxylic acid groups (broad SMARTS) is 1. The number of hydrogen-bond donors (Lipinski definition) is 1. The van der Waals surface area contributed by atoms with Crippen LogP contribution < -0.4 is 0 Å². The van der Waals surface area contributed by atoms with Gasteiger partial charge in [-0.05, 0) is 43.0 Å². The SMILES string of the molecule is O=C(O)C1CC2CCC1N2Cc1cc(Cl)cc2cccnc12. The van der Waals surface area contributed by atoms with Gasteiger partial charge < -0.3 is 5.11 Å². The van der Waals surface area contributed by atoms with E-state index in [4.69, 9.17) is 11.6 Å². The van der Waals surface area contributed by atoms with Crippen molar-refractivity contribution < 1.29 is 9.90 Å². The van der Waals surface area contributed by atoms with Gasteiger partial charge >= 0.3 is 5.97 Å². The highest BCUT2D eigenvalue weighted by Crippen LogP contribution is 2.43. The van der Waals surface area contributed by atoms with E-state index in [1.807, 2.05) is 24.3 Å². The Hall–Kier alpha value is -1.65. The van der Waals surface area contributed by atoms with Gasteiger partial charge in [0.1, 0.15) is 0 Å². The Morgan fingerprint density at radius 3 is 3.05 bits per heavy atom. The van der Waals surface area contributed by atoms with Crippen LogP contribution in [0.25, 0.3) is 10.9 Å². The predicted molar refractivity (Wildman–Crippen MR) is 84.8 cm³/mol. The summed E-state index contributed by atoms with van der Waals surface area (Å²) in [7, 11) is 0. The van der Waals surface area contributed by atoms with E-state index in [9.17, 15) is 9.90 Å². The topological polar surface area (TPSA) is 53.4 Å². The van der Waals surface area contributed by atoms with Gasteiger partial charge in [0.25, 0.3) is 0 Å². The number of halogens is 1. The van der Waals surface area contributed by atoms with Gasteiger partial charge in [-0.15, -0.1) is 0 Å². The lowest BCUT2D eigenvalue weighted by atomic mass is 9.89. The second-order valence-corrected chi connectivity index (χ2v) is 6.73. The fraction of sp³-hybridized carbons (Fsp3) is 0.412. The highest BCUT2D eigenvalue weighted by molar-refractivity contribution is 6.31. The largest absolute Gasteiger partial charge is 0.481 e. The van der Waals surface area contributed by atoms with E-state index in [0.717, 1.165) is 42.3 Å². The highest BCUT2D eigenvalue weighted by atomic mass is 35.5. The summed E-state index contributed by atoms with van der Waals surface area (Å²) < 4.78 is 0. The number of rotatable bonds is 3. The summed E-state index contributed by atoms with van der Waals surface area (Å²) in [4.78, 5) is 18.2. The Morgan fingerprint density at radius 1 is 1.41 bits per heavy atom. The van der Waals surface area contributed by atoms with Gasteiger partial charge in [0.15, 0.2) is 0 Å². The van der Waals surface area contributed by atoms with Crippen molar-refractivity contribution in [2.45, 2.75) is 37.9 Å². The van der Waals surface area contributed by atoms with E-state index in [1.165, 1.54) is 0 Å². The van der Waals surface area contributed by atoms with Crippen molar-refractivity contribution in [2.24, 2.45) is 5.92 Å². The molecule has 1 aromatic carbocycles. The average Bonchev–Trinajstić information content (AvgIpc) is 3.04. The van der Waals surface area contributed by atoms with Gasteiger partial charge in [0.2, 0.25) is 0 Å². The van der Waals surface area contributed by atoms with Crippen LogP contribution in [0.1, 0.15) is 24.8 Å². The van der Waals surface area contributed by atoms with Crippen molar-refractivity contribution in [2.75, 3.05) is 0 Å². The fourth-order valence-corrected chi connectivity index (χ4v) is 4.41. The first kappa shape index (κ1) is 14.0. The number of aromatic nitrogens is 1. The Bertz CT molecular complexity index is 749. The molecule has 3 atom stereocenters. The Labute approximate surface area is 133 Å². The molecule has 2 aliphatic rings. The Morgan fingerprint density at radius 2 is 2.27 bits per heavy atom. The van der Waals surface area contributed by atoms with Gasteiger partial charge in [0, 0.05) is 35.2 Å². The van der Waals surface area contributed by atoms with Gasteiger partial charge in [-0.25, -0.2) is 0 Å². The molecule has 0 spiro atoms. The standard InChI is InChI=1S/C17H17ClN2O2/c18-12-6-10-2-1-5-19-16(10)11(7-12)9-20-13-3-4-15(20)14(8-13)17(21)22/h1-2,5-7,13-15H,3-4,8-9H2,(H,21,22). The smallest absolute Gasteiger partial charge is 0.308 e. The van der Waals surface area contributed by atoms with Crippen LogP contribution in [0.3, 0.4) is 0 Å². The summed E-state index contributed by atoms with van der Waals surface area (Å²) in [5.41, 5.74) is 2.05. The van der Waals surface area contributed by atoms with Gasteiger partial charge in [-0.3, -0.25) is 14.7 Å². The minimum Gasteiger partial charge on any atom is -0.481 e. The third-order valence-corrected chi connectivity index (χ3v) is 5.32. The van der Waals surface area contributed by atoms with Crippen LogP contribution in [0.15, 0.2) is 30.5 Å². The normalized spacial score (nSPS) is 27.6. The minimum absolute atomic E-state index is 0.153. The van der Waals surface area contributed by atoms with Crippen LogP contribution in [0.2, 0.25) is 5.02 Å². The first-order chi connectivity index (χ1) is 10.6. The van der Waals surface area contributed by atoms with Gasteiger partial charge in [0.05, 0.1) is 11.4 Å². The van der Waals surface area contributed by atoms with Crippen LogP contribution in [0.4, 0.5) is 0 Å². The molecule has 0 saturated carbocycles. The quantitative estimate of drug-likeness (QED) is 0.943. The molecule has 2 aliphatic heterocycles. The van der Waals surface area contributed by atoms with E-state index < -0.39 is 5.97 Å². The lowest BCUT2D eigenvalue weighted by Gasteiger charge is -2.23. The summed E-state index contributed by atoms with van der Waals surface area (Å²) in [5, 5.41) is 11.1. The highest BCUT2D eigenvalue weighted by Gasteiger charge is 2.49. The summed E-state index contributed by atoms with van der Waals surface area (Å²) in [6.45, 7) is 0.729. The van der Waals surface area contributed by atoms with Gasteiger partial charge in [-0.2, -0.15) is 0 Å². The fourth-order valence-electron chi connectivity index (χ4n) is 4.16. The maximum Gasteiger partial charge on any atom is 0.308 e. The number of aliphatic carboxylic acids is 1. The zero-order chi connectivity index (χ0) is 15.3. The Kier molecular flexibility index (Phi) is 3.31. The number of carboxylic acids is 1. The molecule has 22 heavy (non-hydrogen) atoms. The van der Waals surface area contributed by atoms with Crippen LogP contribution in [-0.2, 0) is 11.3 Å². The Balaban J connectivity index is 1.69. The van der Waals surface area contributed by atoms with Crippen LogP contribution >= 0.6 is 11.6 Å². The van der Waals surface area contributed by atoms with E-state index in [2.05, 4.69) is 9.88 Å². The molecular weight excluding hydrogens is 300 g/mol. The van der Waals surface area contributed by atoms with Crippen molar-refractivity contribution >= 4 is 28.5 Å². The molecule has 2 saturated heterocycles. The minimum atomic E-state index is -0.661. The predicted octanol–water partition coefficient (Wildman–Crippen LogP) is 3.33. The molecule has 2 fully saturated rings. The monoisotopic (exact) mass is 316 g/mol. The number of pyridine rings is 1. The molecule has 0 radical (unpaired) electrons. The number of benzene rings is 1. The maximum absolute atomic E-state index is 11.4. The van der Waals surface area contributed by atoms with Crippen LogP contribution in [0, 0.1) is 5.92 Å². The van der Waals surface area contributed by atoms with Crippen molar-refractivity contribution in [3.63, 3.8) is 0 Å². The molecule has 1 N–H and O–H groups in total. The molecule has 4 rings (SSSR count). The van der Waals surface area contributed by atoms with Gasteiger partial charge in [-0.1, -0.05) is 17.7 Å². The number of carbonyl (C=O) groups is 1. The molecule has 114 valence electrons. The zero-order valence-electron chi connectivity index (χ0n) is 12.1. The first-order valence-electron chi connectivity index (χ1n) is 7.65. The van der Waals surface area contributed by atoms with Crippen molar-refractivity contribution in [1.29, 1.82) is 0 Å². The second-order valence-electron chi connectivity index (χ2n) is 6.29. The summed E-state index contributed by atoms with van der Waals surface area (Å²) in [5.74, 6) is -0.886. The molecular formula is C17H17ClN2O2. The van der Waals surface area contributed by atoms with E-state index in [-0.39, 0.29) is 12.0 Å². The molecule has 1 aromatic heterocycles. The van der Waals surface area contributed by atoms with Crippen molar-refractivity contribution in [3.05, 3.63) is 41.0 Å². The second kappa shape index (κ2) is 5.21. The zero-order valence-corrected chi connectivity index (χ0v) is 12.8. The summed E-state index contributed by atoms with van der Waals surface area (Å²) >= 11 is 6.24. The average molecular weight is 317 g/mol. The molecule has 0 amide bonds. The molecule has 3 heterocycles. The molecule has 2 aromatic rings. The van der Waals surface area contributed by atoms with Crippen molar-refractivity contribution in [1.82, 2.24) is 9.88 Å². The number of hydrogen-bond acceptors (Lipinski definition) is 3. The number of fused-ring (bicyclic) bond motifs is 3. The van der Waals surface area contributed by atoms with Crippen LogP contribution in [-0.4, -0.2) is 33.0 Å². The van der Waals surface area contributed by atoms with Crippen molar-refractivity contribution in [3.8, 4) is 0 Å². The third-order valence-electron chi connectivity index (χ3n) is 5.10. The van der Waals surface area contributed by atoms with Crippen LogP contribution in [0.5, 0.6) is 0 Å². The van der Waals surface area contributed by atoms with E-state index in [1.54, 1.807) is 6.20 Å². The molecule has 3 unspecified atom stereocenters. The lowest BCUT2D eigenvalue weighted by molar-refractivity contribution is -0.142. The lowest BCUT2D eigenvalue weighted by Crippen LogP contribution is -2.32. The van der Waals surface area contributed by atoms with E-state index >= 15 is 0 Å². The molecule has 0 aliphatic carbocycles. The molecule has 4 nitrogen and oxygen atoms in total. The molecule has 2 bridgehead atoms.